The van der Waals surface area contributed by atoms with Crippen LogP contribution in [0, 0.1) is 5.82 Å². The third-order valence-electron chi connectivity index (χ3n) is 2.70. The van der Waals surface area contributed by atoms with Gasteiger partial charge in [0.25, 0.3) is 0 Å². The van der Waals surface area contributed by atoms with E-state index >= 15 is 0 Å². The van der Waals surface area contributed by atoms with Gasteiger partial charge in [0.2, 0.25) is 0 Å². The van der Waals surface area contributed by atoms with Crippen LogP contribution in [0.25, 0.3) is 0 Å². The molecule has 0 saturated heterocycles. The van der Waals surface area contributed by atoms with E-state index in [1.54, 1.807) is 19.2 Å². The number of benzene rings is 2. The van der Waals surface area contributed by atoms with Crippen LogP contribution < -0.4 is 10.5 Å². The van der Waals surface area contributed by atoms with Crippen molar-refractivity contribution in [1.29, 1.82) is 0 Å². The van der Waals surface area contributed by atoms with E-state index in [2.05, 4.69) is 0 Å². The van der Waals surface area contributed by atoms with Crippen molar-refractivity contribution >= 4 is 0 Å². The predicted octanol–water partition coefficient (Wildman–Crippen LogP) is 2.88. The molecule has 17 heavy (non-hydrogen) atoms. The number of methoxy groups -OCH3 is 1. The van der Waals surface area contributed by atoms with E-state index < -0.39 is 0 Å². The molecular formula is C14H14FNO. The van der Waals surface area contributed by atoms with Gasteiger partial charge in [-0.1, -0.05) is 30.3 Å². The van der Waals surface area contributed by atoms with E-state index in [0.717, 1.165) is 16.9 Å². The van der Waals surface area contributed by atoms with Crippen molar-refractivity contribution in [3.8, 4) is 5.75 Å². The second kappa shape index (κ2) is 4.97. The Morgan fingerprint density at radius 3 is 2.35 bits per heavy atom. The van der Waals surface area contributed by atoms with Crippen molar-refractivity contribution in [2.75, 3.05) is 7.11 Å². The third kappa shape index (κ3) is 2.45. The average Bonchev–Trinajstić information content (AvgIpc) is 2.39. The molecule has 0 amide bonds. The van der Waals surface area contributed by atoms with Gasteiger partial charge in [-0.05, 0) is 23.8 Å². The zero-order valence-electron chi connectivity index (χ0n) is 9.56. The minimum atomic E-state index is -0.313. The summed E-state index contributed by atoms with van der Waals surface area (Å²) in [6, 6.07) is 13.4. The summed E-state index contributed by atoms with van der Waals surface area (Å²) in [5.74, 6) is 0.477. The molecule has 0 heterocycles. The summed E-state index contributed by atoms with van der Waals surface area (Å²) >= 11 is 0. The van der Waals surface area contributed by atoms with Crippen molar-refractivity contribution in [2.24, 2.45) is 5.73 Å². The Hall–Kier alpha value is -1.87. The normalized spacial score (nSPS) is 12.2. The highest BCUT2D eigenvalue weighted by molar-refractivity contribution is 5.41. The first-order chi connectivity index (χ1) is 8.22. The Kier molecular flexibility index (Phi) is 3.40. The van der Waals surface area contributed by atoms with Crippen LogP contribution in [0.2, 0.25) is 0 Å². The number of rotatable bonds is 3. The van der Waals surface area contributed by atoms with Crippen LogP contribution in [0.1, 0.15) is 17.2 Å². The van der Waals surface area contributed by atoms with Gasteiger partial charge in [-0.15, -0.1) is 0 Å². The molecule has 2 aromatic rings. The molecule has 0 radical (unpaired) electrons. The molecule has 0 aliphatic heterocycles. The van der Waals surface area contributed by atoms with Gasteiger partial charge in [-0.2, -0.15) is 0 Å². The summed E-state index contributed by atoms with van der Waals surface area (Å²) in [7, 11) is 1.61. The Morgan fingerprint density at radius 2 is 1.71 bits per heavy atom. The molecule has 3 heteroatoms. The number of ether oxygens (including phenoxy) is 1. The van der Waals surface area contributed by atoms with E-state index in [1.807, 2.05) is 24.3 Å². The molecule has 0 bridgehead atoms. The average molecular weight is 231 g/mol. The molecule has 2 aromatic carbocycles. The largest absolute Gasteiger partial charge is 0.496 e. The van der Waals surface area contributed by atoms with E-state index in [9.17, 15) is 4.39 Å². The van der Waals surface area contributed by atoms with Crippen molar-refractivity contribution < 1.29 is 9.13 Å². The topological polar surface area (TPSA) is 35.2 Å². The summed E-state index contributed by atoms with van der Waals surface area (Å²) in [5.41, 5.74) is 7.89. The molecular weight excluding hydrogens is 217 g/mol. The molecule has 2 nitrogen and oxygen atoms in total. The molecule has 0 spiro atoms. The lowest BCUT2D eigenvalue weighted by molar-refractivity contribution is 0.408. The highest BCUT2D eigenvalue weighted by atomic mass is 19.1. The van der Waals surface area contributed by atoms with Crippen LogP contribution >= 0.6 is 0 Å². The molecule has 2 rings (SSSR count). The fraction of sp³-hybridized carbons (Fsp3) is 0.143. The molecule has 1 unspecified atom stereocenters. The maximum Gasteiger partial charge on any atom is 0.123 e. The maximum atomic E-state index is 12.8. The third-order valence-corrected chi connectivity index (χ3v) is 2.70. The van der Waals surface area contributed by atoms with Crippen molar-refractivity contribution in [1.82, 2.24) is 0 Å². The molecule has 0 aromatic heterocycles. The Balaban J connectivity index is 2.36. The number of hydrogen-bond donors (Lipinski definition) is 1. The molecule has 88 valence electrons. The second-order valence-corrected chi connectivity index (χ2v) is 3.77. The lowest BCUT2D eigenvalue weighted by atomic mass is 9.99. The maximum absolute atomic E-state index is 12.8. The van der Waals surface area contributed by atoms with Gasteiger partial charge < -0.3 is 10.5 Å². The lowest BCUT2D eigenvalue weighted by Gasteiger charge is -2.15. The zero-order valence-corrected chi connectivity index (χ0v) is 9.56. The fourth-order valence-corrected chi connectivity index (χ4v) is 1.77. The Bertz CT molecular complexity index is 496. The Morgan fingerprint density at radius 1 is 1.06 bits per heavy atom. The van der Waals surface area contributed by atoms with Gasteiger partial charge in [-0.25, -0.2) is 4.39 Å². The van der Waals surface area contributed by atoms with Crippen LogP contribution in [0.3, 0.4) is 0 Å². The highest BCUT2D eigenvalue weighted by Gasteiger charge is 2.13. The first-order valence-corrected chi connectivity index (χ1v) is 5.36. The summed E-state index contributed by atoms with van der Waals surface area (Å²) in [6.07, 6.45) is 0. The van der Waals surface area contributed by atoms with Crippen LogP contribution in [-0.4, -0.2) is 7.11 Å². The number of hydrogen-bond acceptors (Lipinski definition) is 2. The predicted molar refractivity (Wildman–Crippen MR) is 65.4 cm³/mol. The molecule has 0 fully saturated rings. The van der Waals surface area contributed by atoms with Crippen molar-refractivity contribution in [3.63, 3.8) is 0 Å². The van der Waals surface area contributed by atoms with Crippen LogP contribution in [0.15, 0.2) is 48.5 Å². The Labute approximate surface area is 99.8 Å². The summed E-state index contributed by atoms with van der Waals surface area (Å²) < 4.78 is 18.1. The highest BCUT2D eigenvalue weighted by Crippen LogP contribution is 2.27. The minimum Gasteiger partial charge on any atom is -0.496 e. The SMILES string of the molecule is COc1ccccc1C(N)c1ccc(F)cc1. The summed E-state index contributed by atoms with van der Waals surface area (Å²) in [4.78, 5) is 0. The van der Waals surface area contributed by atoms with Gasteiger partial charge >= 0.3 is 0 Å². The van der Waals surface area contributed by atoms with Crippen molar-refractivity contribution in [3.05, 3.63) is 65.5 Å². The van der Waals surface area contributed by atoms with E-state index in [4.69, 9.17) is 10.5 Å². The monoisotopic (exact) mass is 231 g/mol. The fourth-order valence-electron chi connectivity index (χ4n) is 1.77. The van der Waals surface area contributed by atoms with Gasteiger partial charge in [0.1, 0.15) is 11.6 Å². The smallest absolute Gasteiger partial charge is 0.123 e. The first kappa shape index (κ1) is 11.6. The van der Waals surface area contributed by atoms with E-state index in [1.165, 1.54) is 12.1 Å². The number of para-hydroxylation sites is 1. The van der Waals surface area contributed by atoms with Gasteiger partial charge in [0.05, 0.1) is 13.2 Å². The van der Waals surface area contributed by atoms with E-state index in [-0.39, 0.29) is 11.9 Å². The number of nitrogens with two attached hydrogens (primary N) is 1. The summed E-state index contributed by atoms with van der Waals surface area (Å²) in [5, 5.41) is 0. The molecule has 0 saturated carbocycles. The quantitative estimate of drug-likeness (QED) is 0.881. The van der Waals surface area contributed by atoms with Crippen LogP contribution in [0.5, 0.6) is 5.75 Å². The minimum absolute atomic E-state index is 0.263. The van der Waals surface area contributed by atoms with Gasteiger partial charge in [0, 0.05) is 5.56 Å². The molecule has 1 atom stereocenters. The van der Waals surface area contributed by atoms with Gasteiger partial charge in [-0.3, -0.25) is 0 Å². The zero-order chi connectivity index (χ0) is 12.3. The molecule has 2 N–H and O–H groups in total. The molecule has 0 aliphatic carbocycles. The van der Waals surface area contributed by atoms with E-state index in [0.29, 0.717) is 0 Å². The van der Waals surface area contributed by atoms with Gasteiger partial charge in [0.15, 0.2) is 0 Å². The number of halogens is 1. The lowest BCUT2D eigenvalue weighted by Crippen LogP contribution is -2.12. The van der Waals surface area contributed by atoms with Crippen molar-refractivity contribution in [2.45, 2.75) is 6.04 Å². The molecule has 0 aliphatic rings. The van der Waals surface area contributed by atoms with Crippen LogP contribution in [-0.2, 0) is 0 Å². The summed E-state index contributed by atoms with van der Waals surface area (Å²) in [6.45, 7) is 0. The second-order valence-electron chi connectivity index (χ2n) is 3.77. The van der Waals surface area contributed by atoms with Crippen LogP contribution in [0.4, 0.5) is 4.39 Å². The standard InChI is InChI=1S/C14H14FNO/c1-17-13-5-3-2-4-12(13)14(16)10-6-8-11(15)9-7-10/h2-9,14H,16H2,1H3. The first-order valence-electron chi connectivity index (χ1n) is 5.36.